The number of hydrogen-bond acceptors (Lipinski definition) is 3. The monoisotopic (exact) mass is 300 g/mol. The van der Waals surface area contributed by atoms with Crippen molar-refractivity contribution in [1.29, 1.82) is 0 Å². The van der Waals surface area contributed by atoms with Gasteiger partial charge in [-0.1, -0.05) is 23.2 Å². The molecule has 3 unspecified atom stereocenters. The molecule has 1 amide bonds. The Bertz CT molecular complexity index is 503. The van der Waals surface area contributed by atoms with Gasteiger partial charge in [-0.3, -0.25) is 4.79 Å². The third kappa shape index (κ3) is 2.45. The van der Waals surface area contributed by atoms with E-state index < -0.39 is 0 Å². The van der Waals surface area contributed by atoms with Crippen LogP contribution in [-0.2, 0) is 0 Å². The topological polar surface area (TPSA) is 53.4 Å². The third-order valence-electron chi connectivity index (χ3n) is 4.12. The number of amides is 1. The normalized spacial score (nSPS) is 29.6. The highest BCUT2D eigenvalue weighted by atomic mass is 35.5. The average Bonchev–Trinajstić information content (AvgIpc) is 2.90. The number of pyridine rings is 1. The number of aliphatic hydroxyl groups is 1. The van der Waals surface area contributed by atoms with Crippen molar-refractivity contribution in [2.24, 2.45) is 11.8 Å². The number of aliphatic hydroxyl groups excluding tert-OH is 1. The summed E-state index contributed by atoms with van der Waals surface area (Å²) in [6.45, 7) is 1.32. The second-order valence-electron chi connectivity index (χ2n) is 5.28. The van der Waals surface area contributed by atoms with E-state index in [9.17, 15) is 9.90 Å². The molecule has 1 aromatic heterocycles. The Morgan fingerprint density at radius 3 is 2.58 bits per heavy atom. The van der Waals surface area contributed by atoms with Gasteiger partial charge in [0, 0.05) is 24.6 Å². The van der Waals surface area contributed by atoms with E-state index in [1.165, 1.54) is 12.1 Å². The van der Waals surface area contributed by atoms with Crippen LogP contribution in [0, 0.1) is 11.8 Å². The van der Waals surface area contributed by atoms with Crippen LogP contribution < -0.4 is 0 Å². The number of fused-ring (bicyclic) bond motifs is 1. The maximum absolute atomic E-state index is 12.4. The molecule has 1 N–H and O–H groups in total. The molecular weight excluding hydrogens is 287 g/mol. The number of hydrogen-bond donors (Lipinski definition) is 1. The van der Waals surface area contributed by atoms with Crippen LogP contribution >= 0.6 is 23.2 Å². The van der Waals surface area contributed by atoms with Crippen LogP contribution in [0.1, 0.15) is 23.2 Å². The minimum Gasteiger partial charge on any atom is -0.393 e. The van der Waals surface area contributed by atoms with Crippen LogP contribution in [0.3, 0.4) is 0 Å². The molecule has 3 atom stereocenters. The number of halogens is 2. The zero-order chi connectivity index (χ0) is 13.6. The lowest BCUT2D eigenvalue weighted by Gasteiger charge is -2.18. The van der Waals surface area contributed by atoms with Gasteiger partial charge in [0.05, 0.1) is 6.10 Å². The Balaban J connectivity index is 1.78. The van der Waals surface area contributed by atoms with E-state index in [4.69, 9.17) is 23.2 Å². The zero-order valence-electron chi connectivity index (χ0n) is 10.2. The summed E-state index contributed by atoms with van der Waals surface area (Å²) in [6.07, 6.45) is 1.57. The van der Waals surface area contributed by atoms with Gasteiger partial charge in [0.25, 0.3) is 5.91 Å². The van der Waals surface area contributed by atoms with Gasteiger partial charge in [-0.25, -0.2) is 4.98 Å². The fourth-order valence-electron chi connectivity index (χ4n) is 3.17. The van der Waals surface area contributed by atoms with Gasteiger partial charge in [0.2, 0.25) is 0 Å². The first-order valence-electron chi connectivity index (χ1n) is 6.35. The Morgan fingerprint density at radius 1 is 1.26 bits per heavy atom. The van der Waals surface area contributed by atoms with E-state index in [0.717, 1.165) is 12.8 Å². The molecule has 2 fully saturated rings. The molecule has 1 saturated carbocycles. The lowest BCUT2D eigenvalue weighted by Crippen LogP contribution is -2.31. The van der Waals surface area contributed by atoms with E-state index in [0.29, 0.717) is 24.6 Å². The first-order valence-corrected chi connectivity index (χ1v) is 7.10. The molecule has 2 aliphatic rings. The maximum Gasteiger partial charge on any atom is 0.254 e. The van der Waals surface area contributed by atoms with Crippen molar-refractivity contribution in [3.8, 4) is 0 Å². The van der Waals surface area contributed by atoms with Crippen molar-refractivity contribution in [3.63, 3.8) is 0 Å². The molecule has 0 radical (unpaired) electrons. The summed E-state index contributed by atoms with van der Waals surface area (Å²) in [6, 6.07) is 3.06. The summed E-state index contributed by atoms with van der Waals surface area (Å²) in [5, 5.41) is 10.3. The largest absolute Gasteiger partial charge is 0.393 e. The molecule has 102 valence electrons. The van der Waals surface area contributed by atoms with E-state index >= 15 is 0 Å². The smallest absolute Gasteiger partial charge is 0.254 e. The molecule has 0 spiro atoms. The molecule has 1 saturated heterocycles. The predicted molar refractivity (Wildman–Crippen MR) is 72.4 cm³/mol. The van der Waals surface area contributed by atoms with Gasteiger partial charge in [0.1, 0.15) is 10.3 Å². The van der Waals surface area contributed by atoms with Gasteiger partial charge < -0.3 is 10.0 Å². The second kappa shape index (κ2) is 4.93. The van der Waals surface area contributed by atoms with Crippen molar-refractivity contribution >= 4 is 29.1 Å². The van der Waals surface area contributed by atoms with Crippen molar-refractivity contribution in [3.05, 3.63) is 28.0 Å². The van der Waals surface area contributed by atoms with E-state index in [-0.39, 0.29) is 28.2 Å². The van der Waals surface area contributed by atoms with Crippen LogP contribution in [0.25, 0.3) is 0 Å². The summed E-state index contributed by atoms with van der Waals surface area (Å²) >= 11 is 11.6. The quantitative estimate of drug-likeness (QED) is 0.809. The molecule has 1 aliphatic carbocycles. The first kappa shape index (κ1) is 13.2. The molecule has 1 aliphatic heterocycles. The summed E-state index contributed by atoms with van der Waals surface area (Å²) < 4.78 is 0. The minimum absolute atomic E-state index is 0.0900. The van der Waals surface area contributed by atoms with E-state index in [2.05, 4.69) is 4.98 Å². The number of nitrogens with zero attached hydrogens (tertiary/aromatic N) is 2. The first-order chi connectivity index (χ1) is 9.04. The Kier molecular flexibility index (Phi) is 3.41. The van der Waals surface area contributed by atoms with Crippen LogP contribution in [0.4, 0.5) is 0 Å². The maximum atomic E-state index is 12.4. The van der Waals surface area contributed by atoms with Crippen LogP contribution in [-0.4, -0.2) is 40.1 Å². The summed E-state index contributed by atoms with van der Waals surface area (Å²) in [5.41, 5.74) is 0.458. The standard InChI is InChI=1S/C13H14Cl2N2O2/c14-11-3-8(4-12(15)16-11)13(19)17-5-7-1-2-10(18)9(7)6-17/h3-4,7,9-10,18H,1-2,5-6H2. The van der Waals surface area contributed by atoms with Crippen LogP contribution in [0.5, 0.6) is 0 Å². The summed E-state index contributed by atoms with van der Waals surface area (Å²) in [7, 11) is 0. The molecule has 19 heavy (non-hydrogen) atoms. The molecule has 0 bridgehead atoms. The highest BCUT2D eigenvalue weighted by molar-refractivity contribution is 6.33. The van der Waals surface area contributed by atoms with E-state index in [1.807, 2.05) is 0 Å². The van der Waals surface area contributed by atoms with Crippen molar-refractivity contribution < 1.29 is 9.90 Å². The molecule has 1 aromatic rings. The number of carbonyl (C=O) groups is 1. The van der Waals surface area contributed by atoms with E-state index in [1.54, 1.807) is 4.90 Å². The van der Waals surface area contributed by atoms with Crippen LogP contribution in [0.2, 0.25) is 10.3 Å². The number of carbonyl (C=O) groups excluding carboxylic acids is 1. The molecule has 2 heterocycles. The summed E-state index contributed by atoms with van der Waals surface area (Å²) in [5.74, 6) is 0.552. The lowest BCUT2D eigenvalue weighted by atomic mass is 10.00. The molecule has 0 aromatic carbocycles. The molecular formula is C13H14Cl2N2O2. The average molecular weight is 301 g/mol. The van der Waals surface area contributed by atoms with Gasteiger partial charge >= 0.3 is 0 Å². The highest BCUT2D eigenvalue weighted by Gasteiger charge is 2.43. The third-order valence-corrected chi connectivity index (χ3v) is 4.50. The molecule has 4 nitrogen and oxygen atoms in total. The van der Waals surface area contributed by atoms with Gasteiger partial charge in [-0.2, -0.15) is 0 Å². The zero-order valence-corrected chi connectivity index (χ0v) is 11.7. The Hall–Kier alpha value is -0.840. The second-order valence-corrected chi connectivity index (χ2v) is 6.05. The summed E-state index contributed by atoms with van der Waals surface area (Å²) in [4.78, 5) is 18.0. The van der Waals surface area contributed by atoms with Gasteiger partial charge in [0.15, 0.2) is 0 Å². The predicted octanol–water partition coefficient (Wildman–Crippen LogP) is 2.23. The lowest BCUT2D eigenvalue weighted by molar-refractivity contribution is 0.0752. The number of aromatic nitrogens is 1. The number of likely N-dealkylation sites (tertiary alicyclic amines) is 1. The Morgan fingerprint density at radius 2 is 1.95 bits per heavy atom. The highest BCUT2D eigenvalue weighted by Crippen LogP contribution is 2.38. The van der Waals surface area contributed by atoms with Gasteiger partial charge in [-0.15, -0.1) is 0 Å². The van der Waals surface area contributed by atoms with Crippen molar-refractivity contribution in [2.45, 2.75) is 18.9 Å². The number of rotatable bonds is 1. The fourth-order valence-corrected chi connectivity index (χ4v) is 3.63. The van der Waals surface area contributed by atoms with Crippen molar-refractivity contribution in [1.82, 2.24) is 9.88 Å². The van der Waals surface area contributed by atoms with Gasteiger partial charge in [-0.05, 0) is 30.9 Å². The minimum atomic E-state index is -0.271. The molecule has 6 heteroatoms. The fraction of sp³-hybridized carbons (Fsp3) is 0.538. The van der Waals surface area contributed by atoms with Crippen LogP contribution in [0.15, 0.2) is 12.1 Å². The molecule has 3 rings (SSSR count). The SMILES string of the molecule is O=C(c1cc(Cl)nc(Cl)c1)N1CC2CCC(O)C2C1. The van der Waals surface area contributed by atoms with Crippen molar-refractivity contribution in [2.75, 3.05) is 13.1 Å². The Labute approximate surface area is 121 Å².